The first kappa shape index (κ1) is 15.7. The number of rotatable bonds is 2. The average Bonchev–Trinajstić information content (AvgIpc) is 2.39. The summed E-state index contributed by atoms with van der Waals surface area (Å²) in [5.41, 5.74) is 2.16. The van der Waals surface area contributed by atoms with Crippen LogP contribution in [0.4, 0.5) is 10.1 Å². The van der Waals surface area contributed by atoms with Crippen molar-refractivity contribution in [3.63, 3.8) is 0 Å². The van der Waals surface area contributed by atoms with Gasteiger partial charge in [-0.2, -0.15) is 0 Å². The van der Waals surface area contributed by atoms with Gasteiger partial charge < -0.3 is 5.32 Å². The number of halogens is 2. The van der Waals surface area contributed by atoms with Crippen LogP contribution in [0.3, 0.4) is 0 Å². The van der Waals surface area contributed by atoms with Crippen LogP contribution in [0.15, 0.2) is 46.9 Å². The molecule has 4 heteroatoms. The summed E-state index contributed by atoms with van der Waals surface area (Å²) in [6, 6.07) is 11.4. The van der Waals surface area contributed by atoms with Crippen molar-refractivity contribution < 1.29 is 9.18 Å². The first-order valence-corrected chi connectivity index (χ1v) is 7.43. The molecular weight excluding hydrogens is 333 g/mol. The number of hydrogen-bond donors (Lipinski definition) is 1. The van der Waals surface area contributed by atoms with E-state index in [0.29, 0.717) is 11.3 Å². The van der Waals surface area contributed by atoms with Gasteiger partial charge in [0.25, 0.3) is 5.91 Å². The van der Waals surface area contributed by atoms with Gasteiger partial charge in [0.1, 0.15) is 5.82 Å². The molecule has 0 saturated carbocycles. The molecule has 1 N–H and O–H groups in total. The summed E-state index contributed by atoms with van der Waals surface area (Å²) in [6.45, 7) is 6.37. The Morgan fingerprint density at radius 3 is 2.43 bits per heavy atom. The molecule has 1 amide bonds. The third kappa shape index (κ3) is 3.91. The minimum absolute atomic E-state index is 0.0353. The highest BCUT2D eigenvalue weighted by Crippen LogP contribution is 2.30. The molecule has 2 nitrogen and oxygen atoms in total. The molecule has 2 aromatic carbocycles. The van der Waals surface area contributed by atoms with Crippen LogP contribution in [0.1, 0.15) is 36.7 Å². The minimum atomic E-state index is -0.426. The lowest BCUT2D eigenvalue weighted by molar-refractivity contribution is 0.102. The molecule has 0 atom stereocenters. The van der Waals surface area contributed by atoms with Crippen LogP contribution in [0.2, 0.25) is 0 Å². The van der Waals surface area contributed by atoms with Crippen LogP contribution in [0.25, 0.3) is 0 Å². The second kappa shape index (κ2) is 5.98. The normalized spacial score (nSPS) is 11.3. The van der Waals surface area contributed by atoms with E-state index in [4.69, 9.17) is 0 Å². The topological polar surface area (TPSA) is 29.1 Å². The maximum Gasteiger partial charge on any atom is 0.255 e. The lowest BCUT2D eigenvalue weighted by Crippen LogP contribution is -2.14. The highest BCUT2D eigenvalue weighted by Gasteiger charge is 2.16. The Hall–Kier alpha value is -1.68. The summed E-state index contributed by atoms with van der Waals surface area (Å²) in [6.07, 6.45) is 0. The first-order chi connectivity index (χ1) is 9.77. The fourth-order valence-corrected chi connectivity index (χ4v) is 2.39. The van der Waals surface area contributed by atoms with Crippen molar-refractivity contribution in [2.45, 2.75) is 26.2 Å². The van der Waals surface area contributed by atoms with Crippen molar-refractivity contribution >= 4 is 27.5 Å². The van der Waals surface area contributed by atoms with E-state index in [0.717, 1.165) is 10.0 Å². The SMILES string of the molecule is CC(C)(C)c1ccc(NC(=O)c2cccc(F)c2)c(Br)c1. The number of hydrogen-bond acceptors (Lipinski definition) is 1. The Balaban J connectivity index is 2.22. The largest absolute Gasteiger partial charge is 0.321 e. The summed E-state index contributed by atoms with van der Waals surface area (Å²) >= 11 is 3.47. The molecule has 0 aromatic heterocycles. The fourth-order valence-electron chi connectivity index (χ4n) is 1.91. The van der Waals surface area contributed by atoms with Gasteiger partial charge in [-0.1, -0.05) is 32.9 Å². The second-order valence-electron chi connectivity index (χ2n) is 5.91. The van der Waals surface area contributed by atoms with Gasteiger partial charge in [-0.3, -0.25) is 4.79 Å². The van der Waals surface area contributed by atoms with Crippen molar-refractivity contribution in [2.75, 3.05) is 5.32 Å². The van der Waals surface area contributed by atoms with Crippen LogP contribution < -0.4 is 5.32 Å². The zero-order valence-corrected chi connectivity index (χ0v) is 13.8. The van der Waals surface area contributed by atoms with Gasteiger partial charge in [0.2, 0.25) is 0 Å². The first-order valence-electron chi connectivity index (χ1n) is 6.64. The van der Waals surface area contributed by atoms with Crippen molar-refractivity contribution in [1.29, 1.82) is 0 Å². The predicted octanol–water partition coefficient (Wildman–Crippen LogP) is 5.14. The highest BCUT2D eigenvalue weighted by molar-refractivity contribution is 9.10. The molecule has 21 heavy (non-hydrogen) atoms. The summed E-state index contributed by atoms with van der Waals surface area (Å²) in [5, 5.41) is 2.78. The van der Waals surface area contributed by atoms with Gasteiger partial charge in [0.15, 0.2) is 0 Å². The smallest absolute Gasteiger partial charge is 0.255 e. The van der Waals surface area contributed by atoms with Crippen LogP contribution in [0.5, 0.6) is 0 Å². The number of carbonyl (C=O) groups excluding carboxylic acids is 1. The standard InChI is InChI=1S/C17H17BrFNO/c1-17(2,3)12-7-8-15(14(18)10-12)20-16(21)11-5-4-6-13(19)9-11/h4-10H,1-3H3,(H,20,21). The Morgan fingerprint density at radius 1 is 1.14 bits per heavy atom. The van der Waals surface area contributed by atoms with E-state index in [9.17, 15) is 9.18 Å². The number of amides is 1. The van der Waals surface area contributed by atoms with Gasteiger partial charge >= 0.3 is 0 Å². The van der Waals surface area contributed by atoms with Gasteiger partial charge in [-0.15, -0.1) is 0 Å². The molecule has 110 valence electrons. The Kier molecular flexibility index (Phi) is 4.47. The van der Waals surface area contributed by atoms with Crippen molar-refractivity contribution in [2.24, 2.45) is 0 Å². The number of benzene rings is 2. The third-order valence-electron chi connectivity index (χ3n) is 3.17. The summed E-state index contributed by atoms with van der Waals surface area (Å²) in [4.78, 5) is 12.1. The molecule has 2 aromatic rings. The maximum atomic E-state index is 13.1. The Morgan fingerprint density at radius 2 is 1.86 bits per heavy atom. The Labute approximate surface area is 132 Å². The number of nitrogens with one attached hydrogen (secondary N) is 1. The zero-order chi connectivity index (χ0) is 15.6. The van der Waals surface area contributed by atoms with E-state index in [1.54, 1.807) is 6.07 Å². The summed E-state index contributed by atoms with van der Waals surface area (Å²) in [5.74, 6) is -0.761. The summed E-state index contributed by atoms with van der Waals surface area (Å²) in [7, 11) is 0. The highest BCUT2D eigenvalue weighted by atomic mass is 79.9. The number of carbonyl (C=O) groups is 1. The molecule has 0 fully saturated rings. The molecule has 0 aliphatic rings. The predicted molar refractivity (Wildman–Crippen MR) is 87.2 cm³/mol. The molecule has 0 heterocycles. The molecule has 0 aliphatic carbocycles. The van der Waals surface area contributed by atoms with Crippen molar-refractivity contribution in [3.8, 4) is 0 Å². The van der Waals surface area contributed by atoms with E-state index in [2.05, 4.69) is 42.0 Å². The molecule has 0 radical (unpaired) electrons. The lowest BCUT2D eigenvalue weighted by atomic mass is 9.87. The molecule has 0 bridgehead atoms. The zero-order valence-electron chi connectivity index (χ0n) is 12.2. The van der Waals surface area contributed by atoms with Crippen LogP contribution >= 0.6 is 15.9 Å². The van der Waals surface area contributed by atoms with Gasteiger partial charge in [-0.25, -0.2) is 4.39 Å². The lowest BCUT2D eigenvalue weighted by Gasteiger charge is -2.20. The van der Waals surface area contributed by atoms with Crippen molar-refractivity contribution in [3.05, 3.63) is 63.9 Å². The molecule has 0 unspecified atom stereocenters. The molecule has 0 aliphatic heterocycles. The van der Waals surface area contributed by atoms with Crippen LogP contribution in [-0.4, -0.2) is 5.91 Å². The van der Waals surface area contributed by atoms with Gasteiger partial charge in [-0.05, 0) is 57.2 Å². The second-order valence-corrected chi connectivity index (χ2v) is 6.76. The quantitative estimate of drug-likeness (QED) is 0.799. The van der Waals surface area contributed by atoms with Crippen LogP contribution in [0, 0.1) is 5.82 Å². The molecular formula is C17H17BrFNO. The average molecular weight is 350 g/mol. The van der Waals surface area contributed by atoms with E-state index in [-0.39, 0.29) is 11.3 Å². The van der Waals surface area contributed by atoms with Crippen molar-refractivity contribution in [1.82, 2.24) is 0 Å². The monoisotopic (exact) mass is 349 g/mol. The van der Waals surface area contributed by atoms with E-state index in [1.807, 2.05) is 18.2 Å². The molecule has 2 rings (SSSR count). The maximum absolute atomic E-state index is 13.1. The van der Waals surface area contributed by atoms with Crippen LogP contribution in [-0.2, 0) is 5.41 Å². The summed E-state index contributed by atoms with van der Waals surface area (Å²) < 4.78 is 13.9. The van der Waals surface area contributed by atoms with E-state index < -0.39 is 5.82 Å². The van der Waals surface area contributed by atoms with Gasteiger partial charge in [0, 0.05) is 10.0 Å². The Bertz CT molecular complexity index is 677. The van der Waals surface area contributed by atoms with E-state index >= 15 is 0 Å². The third-order valence-corrected chi connectivity index (χ3v) is 3.83. The molecule has 0 spiro atoms. The molecule has 0 saturated heterocycles. The fraction of sp³-hybridized carbons (Fsp3) is 0.235. The number of anilines is 1. The van der Waals surface area contributed by atoms with E-state index in [1.165, 1.54) is 18.2 Å². The van der Waals surface area contributed by atoms with Gasteiger partial charge in [0.05, 0.1) is 5.69 Å². The minimum Gasteiger partial charge on any atom is -0.321 e.